The Morgan fingerprint density at radius 1 is 1.26 bits per heavy atom. The van der Waals surface area contributed by atoms with Gasteiger partial charge in [0.05, 0.1) is 23.9 Å². The number of anilines is 1. The second kappa shape index (κ2) is 11.0. The van der Waals surface area contributed by atoms with Crippen molar-refractivity contribution in [3.63, 3.8) is 0 Å². The first kappa shape index (κ1) is 23.6. The van der Waals surface area contributed by atoms with E-state index in [1.807, 2.05) is 31.2 Å². The van der Waals surface area contributed by atoms with Gasteiger partial charge in [-0.1, -0.05) is 12.1 Å². The fourth-order valence-corrected chi connectivity index (χ4v) is 3.75. The number of pyridine rings is 1. The quantitative estimate of drug-likeness (QED) is 0.442. The van der Waals surface area contributed by atoms with Gasteiger partial charge < -0.3 is 25.2 Å². The lowest BCUT2D eigenvalue weighted by Gasteiger charge is -2.18. The first-order chi connectivity index (χ1) is 16.6. The highest BCUT2D eigenvalue weighted by Crippen LogP contribution is 2.31. The van der Waals surface area contributed by atoms with Crippen LogP contribution in [0.25, 0.3) is 22.6 Å². The lowest BCUT2D eigenvalue weighted by molar-refractivity contribution is 0.108. The average molecular weight is 461 g/mol. The predicted octanol–water partition coefficient (Wildman–Crippen LogP) is 2.55. The Morgan fingerprint density at radius 3 is 2.91 bits per heavy atom. The Bertz CT molecular complexity index is 1170. The molecule has 3 aromatic rings. The number of rotatable bonds is 9. The van der Waals surface area contributed by atoms with Gasteiger partial charge in [0, 0.05) is 42.2 Å². The molecule has 0 bridgehead atoms. The van der Waals surface area contributed by atoms with Crippen molar-refractivity contribution in [2.24, 2.45) is 0 Å². The molecular formula is C25H28N6O3. The van der Waals surface area contributed by atoms with Crippen LogP contribution in [0.1, 0.15) is 17.5 Å². The summed E-state index contributed by atoms with van der Waals surface area (Å²) in [5.74, 6) is 1.85. The molecule has 2 atom stereocenters. The van der Waals surface area contributed by atoms with Crippen LogP contribution >= 0.6 is 0 Å². The van der Waals surface area contributed by atoms with E-state index >= 15 is 0 Å². The number of likely N-dealkylation sites (N-methyl/N-ethyl adjacent to an activating group) is 1. The Kier molecular flexibility index (Phi) is 7.65. The van der Waals surface area contributed by atoms with Crippen LogP contribution in [0.4, 0.5) is 5.82 Å². The Balaban J connectivity index is 1.71. The molecule has 1 aromatic carbocycles. The molecule has 4 rings (SSSR count). The summed E-state index contributed by atoms with van der Waals surface area (Å²) in [7, 11) is 1.78. The molecule has 0 aliphatic carbocycles. The fraction of sp³-hybridized carbons (Fsp3) is 0.360. The van der Waals surface area contributed by atoms with Gasteiger partial charge in [0.2, 0.25) is 0 Å². The molecule has 9 heteroatoms. The lowest BCUT2D eigenvalue weighted by atomic mass is 10.1. The monoisotopic (exact) mass is 460 g/mol. The Hall–Kier alpha value is -3.58. The molecule has 0 saturated carbocycles. The van der Waals surface area contributed by atoms with Gasteiger partial charge in [-0.15, -0.1) is 0 Å². The van der Waals surface area contributed by atoms with Crippen LogP contribution < -0.4 is 15.4 Å². The highest BCUT2D eigenvalue weighted by Gasteiger charge is 2.20. The second-order valence-electron chi connectivity index (χ2n) is 8.20. The third kappa shape index (κ3) is 5.66. The van der Waals surface area contributed by atoms with Gasteiger partial charge in [0.25, 0.3) is 0 Å². The van der Waals surface area contributed by atoms with Crippen molar-refractivity contribution in [1.82, 2.24) is 20.3 Å². The number of aliphatic hydroxyl groups excluding tert-OH is 1. The van der Waals surface area contributed by atoms with E-state index in [-0.39, 0.29) is 12.6 Å². The number of hydrogen-bond donors (Lipinski definition) is 3. The van der Waals surface area contributed by atoms with Gasteiger partial charge in [0.15, 0.2) is 5.82 Å². The lowest BCUT2D eigenvalue weighted by Crippen LogP contribution is -2.29. The Morgan fingerprint density at radius 2 is 2.15 bits per heavy atom. The molecule has 176 valence electrons. The minimum atomic E-state index is -0.611. The molecule has 9 nitrogen and oxygen atoms in total. The molecule has 34 heavy (non-hydrogen) atoms. The van der Waals surface area contributed by atoms with E-state index in [9.17, 15) is 10.4 Å². The SMILES string of the molecule is CNCC(O)COc1cccc(-c2nc(N[C@@H]3CCOC3)c(C)c(-c3cncc(C#N)c3)n2)c1. The van der Waals surface area contributed by atoms with Crippen LogP contribution in [0.3, 0.4) is 0 Å². The van der Waals surface area contributed by atoms with E-state index in [4.69, 9.17) is 19.4 Å². The van der Waals surface area contributed by atoms with Crippen LogP contribution in [0.15, 0.2) is 42.7 Å². The van der Waals surface area contributed by atoms with E-state index in [0.717, 1.165) is 23.1 Å². The summed E-state index contributed by atoms with van der Waals surface area (Å²) in [6, 6.07) is 11.5. The number of hydrogen-bond acceptors (Lipinski definition) is 9. The standard InChI is InChI=1S/C25H28N6O3/c1-16-23(19-8-17(10-26)11-28-12-19)30-25(31-24(16)29-20-6-7-33-14-20)18-4-3-5-22(9-18)34-15-21(32)13-27-2/h3-5,8-9,11-12,20-21,27,32H,6-7,13-15H2,1-2H3,(H,29,30,31)/t20-,21?/m1/s1. The van der Waals surface area contributed by atoms with Gasteiger partial charge in [-0.2, -0.15) is 5.26 Å². The number of nitrogens with zero attached hydrogens (tertiary/aromatic N) is 4. The molecule has 2 aromatic heterocycles. The van der Waals surface area contributed by atoms with E-state index in [2.05, 4.69) is 21.7 Å². The van der Waals surface area contributed by atoms with Crippen LogP contribution in [0, 0.1) is 18.3 Å². The second-order valence-corrected chi connectivity index (χ2v) is 8.20. The maximum atomic E-state index is 9.95. The molecule has 0 radical (unpaired) electrons. The average Bonchev–Trinajstić information content (AvgIpc) is 3.37. The smallest absolute Gasteiger partial charge is 0.162 e. The highest BCUT2D eigenvalue weighted by molar-refractivity contribution is 5.72. The van der Waals surface area contributed by atoms with Crippen molar-refractivity contribution < 1.29 is 14.6 Å². The normalized spacial score (nSPS) is 16.1. The van der Waals surface area contributed by atoms with Crippen LogP contribution in [0.2, 0.25) is 0 Å². The highest BCUT2D eigenvalue weighted by atomic mass is 16.5. The molecule has 1 aliphatic heterocycles. The summed E-state index contributed by atoms with van der Waals surface area (Å²) in [6.07, 6.45) is 3.52. The fourth-order valence-electron chi connectivity index (χ4n) is 3.75. The molecule has 0 amide bonds. The molecule has 3 heterocycles. The van der Waals surface area contributed by atoms with E-state index in [0.29, 0.717) is 48.4 Å². The van der Waals surface area contributed by atoms with Gasteiger partial charge in [-0.25, -0.2) is 9.97 Å². The summed E-state index contributed by atoms with van der Waals surface area (Å²) in [5, 5.41) is 25.7. The van der Waals surface area contributed by atoms with Crippen LogP contribution in [-0.4, -0.2) is 65.6 Å². The summed E-state index contributed by atoms with van der Waals surface area (Å²) in [4.78, 5) is 13.9. The molecule has 1 unspecified atom stereocenters. The zero-order valence-electron chi connectivity index (χ0n) is 19.3. The predicted molar refractivity (Wildman–Crippen MR) is 128 cm³/mol. The Labute approximate surface area is 198 Å². The molecule has 0 spiro atoms. The topological polar surface area (TPSA) is 125 Å². The van der Waals surface area contributed by atoms with Crippen molar-refractivity contribution >= 4 is 5.82 Å². The molecule has 1 aliphatic rings. The van der Waals surface area contributed by atoms with E-state index in [1.54, 1.807) is 19.3 Å². The molecular weight excluding hydrogens is 432 g/mol. The molecule has 1 fully saturated rings. The van der Waals surface area contributed by atoms with Crippen LogP contribution in [0.5, 0.6) is 5.75 Å². The molecule has 1 saturated heterocycles. The van der Waals surface area contributed by atoms with Crippen molar-refractivity contribution in [3.8, 4) is 34.5 Å². The number of aromatic nitrogens is 3. The van der Waals surface area contributed by atoms with Gasteiger partial charge >= 0.3 is 0 Å². The van der Waals surface area contributed by atoms with Crippen molar-refractivity contribution in [1.29, 1.82) is 5.26 Å². The third-order valence-electron chi connectivity index (χ3n) is 5.53. The third-order valence-corrected chi connectivity index (χ3v) is 5.53. The summed E-state index contributed by atoms with van der Waals surface area (Å²) in [6.45, 7) is 3.91. The first-order valence-electron chi connectivity index (χ1n) is 11.2. The number of benzene rings is 1. The number of ether oxygens (including phenoxy) is 2. The summed E-state index contributed by atoms with van der Waals surface area (Å²) < 4.78 is 11.3. The van der Waals surface area contributed by atoms with E-state index < -0.39 is 6.10 Å². The van der Waals surface area contributed by atoms with Crippen LogP contribution in [-0.2, 0) is 4.74 Å². The molecule has 3 N–H and O–H groups in total. The minimum absolute atomic E-state index is 0.168. The van der Waals surface area contributed by atoms with E-state index in [1.165, 1.54) is 6.20 Å². The van der Waals surface area contributed by atoms with Gasteiger partial charge in [0.1, 0.15) is 30.3 Å². The van der Waals surface area contributed by atoms with Gasteiger partial charge in [-0.3, -0.25) is 4.98 Å². The summed E-state index contributed by atoms with van der Waals surface area (Å²) >= 11 is 0. The van der Waals surface area contributed by atoms with Crippen molar-refractivity contribution in [2.45, 2.75) is 25.5 Å². The maximum Gasteiger partial charge on any atom is 0.162 e. The number of nitriles is 1. The number of aliphatic hydroxyl groups is 1. The minimum Gasteiger partial charge on any atom is -0.491 e. The first-order valence-corrected chi connectivity index (χ1v) is 11.2. The van der Waals surface area contributed by atoms with Gasteiger partial charge in [-0.05, 0) is 38.6 Å². The summed E-state index contributed by atoms with van der Waals surface area (Å²) in [5.41, 5.74) is 3.55. The largest absolute Gasteiger partial charge is 0.491 e. The zero-order chi connectivity index (χ0) is 23.9. The number of nitrogens with one attached hydrogen (secondary N) is 2. The van der Waals surface area contributed by atoms with Crippen molar-refractivity contribution in [3.05, 3.63) is 53.9 Å². The zero-order valence-corrected chi connectivity index (χ0v) is 19.3. The maximum absolute atomic E-state index is 9.95. The van der Waals surface area contributed by atoms with Crippen molar-refractivity contribution in [2.75, 3.05) is 38.7 Å².